The summed E-state index contributed by atoms with van der Waals surface area (Å²) in [6.45, 7) is 6.02. The molecule has 1 unspecified atom stereocenters. The normalized spacial score (nSPS) is 13.6. The van der Waals surface area contributed by atoms with Crippen molar-refractivity contribution in [2.75, 3.05) is 32.1 Å². The third-order valence-electron chi connectivity index (χ3n) is 2.90. The minimum atomic E-state index is 0.0261. The number of rotatable bonds is 6. The Kier molecular flexibility index (Phi) is 5.57. The SMILES string of the molecule is CCN(c1cccc(/C(N)=N/O)n1)C(C)CN(C)C. The van der Waals surface area contributed by atoms with E-state index >= 15 is 0 Å². The van der Waals surface area contributed by atoms with Gasteiger partial charge in [-0.2, -0.15) is 0 Å². The van der Waals surface area contributed by atoms with E-state index < -0.39 is 0 Å². The van der Waals surface area contributed by atoms with Crippen LogP contribution in [-0.4, -0.2) is 54.2 Å². The van der Waals surface area contributed by atoms with Gasteiger partial charge < -0.3 is 20.7 Å². The van der Waals surface area contributed by atoms with E-state index in [1.807, 2.05) is 26.2 Å². The second kappa shape index (κ2) is 6.94. The minimum absolute atomic E-state index is 0.0261. The lowest BCUT2D eigenvalue weighted by Gasteiger charge is -2.31. The topological polar surface area (TPSA) is 78.0 Å². The summed E-state index contributed by atoms with van der Waals surface area (Å²) < 4.78 is 0. The van der Waals surface area contributed by atoms with E-state index in [9.17, 15) is 0 Å². The van der Waals surface area contributed by atoms with Crippen LogP contribution in [-0.2, 0) is 0 Å². The molecule has 6 heteroatoms. The number of hydrogen-bond acceptors (Lipinski definition) is 5. The lowest BCUT2D eigenvalue weighted by Crippen LogP contribution is -2.40. The Morgan fingerprint density at radius 3 is 2.68 bits per heavy atom. The molecule has 1 rings (SSSR count). The molecule has 0 aliphatic carbocycles. The van der Waals surface area contributed by atoms with Crippen molar-refractivity contribution in [3.63, 3.8) is 0 Å². The molecule has 6 nitrogen and oxygen atoms in total. The van der Waals surface area contributed by atoms with Crippen molar-refractivity contribution >= 4 is 11.7 Å². The highest BCUT2D eigenvalue weighted by Crippen LogP contribution is 2.15. The van der Waals surface area contributed by atoms with Gasteiger partial charge in [0.05, 0.1) is 0 Å². The maximum atomic E-state index is 8.71. The van der Waals surface area contributed by atoms with Crippen LogP contribution >= 0.6 is 0 Å². The predicted molar refractivity (Wildman–Crippen MR) is 77.8 cm³/mol. The van der Waals surface area contributed by atoms with Gasteiger partial charge in [-0.3, -0.25) is 0 Å². The van der Waals surface area contributed by atoms with Crippen LogP contribution in [0, 0.1) is 0 Å². The standard InChI is InChI=1S/C13H23N5O/c1-5-18(10(2)9-17(3)4)12-8-6-7-11(15-12)13(14)16-19/h6-8,10,19H,5,9H2,1-4H3,(H2,14,16). The lowest BCUT2D eigenvalue weighted by molar-refractivity contribution is 0.318. The van der Waals surface area contributed by atoms with E-state index in [4.69, 9.17) is 10.9 Å². The molecular weight excluding hydrogens is 242 g/mol. The Hall–Kier alpha value is -1.82. The molecule has 3 N–H and O–H groups in total. The Bertz CT molecular complexity index is 433. The highest BCUT2D eigenvalue weighted by Gasteiger charge is 2.15. The third-order valence-corrected chi connectivity index (χ3v) is 2.90. The van der Waals surface area contributed by atoms with Crippen LogP contribution in [0.1, 0.15) is 19.5 Å². The van der Waals surface area contributed by atoms with Gasteiger partial charge in [0, 0.05) is 19.1 Å². The molecule has 0 spiro atoms. The third kappa shape index (κ3) is 4.10. The molecular formula is C13H23N5O. The number of anilines is 1. The Labute approximate surface area is 114 Å². The maximum Gasteiger partial charge on any atom is 0.188 e. The molecule has 0 saturated heterocycles. The Balaban J connectivity index is 2.98. The van der Waals surface area contributed by atoms with Gasteiger partial charge in [-0.15, -0.1) is 0 Å². The van der Waals surface area contributed by atoms with Crippen LogP contribution in [0.15, 0.2) is 23.4 Å². The molecule has 0 bridgehead atoms. The van der Waals surface area contributed by atoms with Gasteiger partial charge in [0.1, 0.15) is 11.5 Å². The molecule has 1 atom stereocenters. The fourth-order valence-corrected chi connectivity index (χ4v) is 2.10. The second-order valence-electron chi connectivity index (χ2n) is 4.76. The summed E-state index contributed by atoms with van der Waals surface area (Å²) in [5.41, 5.74) is 6.05. The van der Waals surface area contributed by atoms with Crippen molar-refractivity contribution in [3.8, 4) is 0 Å². The molecule has 19 heavy (non-hydrogen) atoms. The summed E-state index contributed by atoms with van der Waals surface area (Å²) in [6, 6.07) is 5.85. The van der Waals surface area contributed by atoms with Crippen LogP contribution in [0.5, 0.6) is 0 Å². The van der Waals surface area contributed by atoms with Gasteiger partial charge in [0.25, 0.3) is 0 Å². The zero-order chi connectivity index (χ0) is 14.4. The van der Waals surface area contributed by atoms with Crippen LogP contribution < -0.4 is 10.6 Å². The first-order valence-electron chi connectivity index (χ1n) is 6.35. The largest absolute Gasteiger partial charge is 0.409 e. The summed E-state index contributed by atoms with van der Waals surface area (Å²) in [5, 5.41) is 11.7. The van der Waals surface area contributed by atoms with Crippen LogP contribution in [0.25, 0.3) is 0 Å². The molecule has 106 valence electrons. The molecule has 0 saturated carbocycles. The molecule has 0 aromatic carbocycles. The van der Waals surface area contributed by atoms with Gasteiger partial charge in [0.15, 0.2) is 5.84 Å². The number of pyridine rings is 1. The van der Waals surface area contributed by atoms with Crippen LogP contribution in [0.4, 0.5) is 5.82 Å². The molecule has 0 radical (unpaired) electrons. The van der Waals surface area contributed by atoms with E-state index in [1.54, 1.807) is 6.07 Å². The second-order valence-corrected chi connectivity index (χ2v) is 4.76. The van der Waals surface area contributed by atoms with E-state index in [1.165, 1.54) is 0 Å². The summed E-state index contributed by atoms with van der Waals surface area (Å²) in [5.74, 6) is 0.860. The van der Waals surface area contributed by atoms with Gasteiger partial charge in [-0.25, -0.2) is 4.98 Å². The molecule has 0 fully saturated rings. The van der Waals surface area contributed by atoms with E-state index in [-0.39, 0.29) is 5.84 Å². The average Bonchev–Trinajstić information content (AvgIpc) is 2.38. The van der Waals surface area contributed by atoms with Crippen molar-refractivity contribution in [2.24, 2.45) is 10.9 Å². The lowest BCUT2D eigenvalue weighted by atomic mass is 10.2. The smallest absolute Gasteiger partial charge is 0.188 e. The summed E-state index contributed by atoms with van der Waals surface area (Å²) in [6.07, 6.45) is 0. The predicted octanol–water partition coefficient (Wildman–Crippen LogP) is 0.952. The van der Waals surface area contributed by atoms with Crippen molar-refractivity contribution in [3.05, 3.63) is 23.9 Å². The number of oxime groups is 1. The van der Waals surface area contributed by atoms with E-state index in [2.05, 4.69) is 33.8 Å². The van der Waals surface area contributed by atoms with Gasteiger partial charge in [-0.05, 0) is 40.1 Å². The van der Waals surface area contributed by atoms with Crippen molar-refractivity contribution < 1.29 is 5.21 Å². The number of hydrogen-bond donors (Lipinski definition) is 2. The first kappa shape index (κ1) is 15.2. The van der Waals surface area contributed by atoms with Gasteiger partial charge >= 0.3 is 0 Å². The summed E-state index contributed by atoms with van der Waals surface area (Å²) in [4.78, 5) is 8.76. The molecule has 0 aliphatic rings. The highest BCUT2D eigenvalue weighted by molar-refractivity contribution is 5.95. The molecule has 1 aromatic heterocycles. The fourth-order valence-electron chi connectivity index (χ4n) is 2.10. The molecule has 1 aromatic rings. The number of amidine groups is 1. The number of likely N-dealkylation sites (N-methyl/N-ethyl adjacent to an activating group) is 2. The minimum Gasteiger partial charge on any atom is -0.409 e. The number of nitrogens with two attached hydrogens (primary N) is 1. The maximum absolute atomic E-state index is 8.71. The Morgan fingerprint density at radius 2 is 2.16 bits per heavy atom. The zero-order valence-corrected chi connectivity index (χ0v) is 12.0. The van der Waals surface area contributed by atoms with Gasteiger partial charge in [0.2, 0.25) is 0 Å². The van der Waals surface area contributed by atoms with Gasteiger partial charge in [-0.1, -0.05) is 11.2 Å². The summed E-state index contributed by atoms with van der Waals surface area (Å²) in [7, 11) is 4.09. The monoisotopic (exact) mass is 265 g/mol. The number of aromatic nitrogens is 1. The van der Waals surface area contributed by atoms with Crippen molar-refractivity contribution in [1.82, 2.24) is 9.88 Å². The van der Waals surface area contributed by atoms with E-state index in [0.29, 0.717) is 11.7 Å². The average molecular weight is 265 g/mol. The zero-order valence-electron chi connectivity index (χ0n) is 12.0. The van der Waals surface area contributed by atoms with Crippen molar-refractivity contribution in [2.45, 2.75) is 19.9 Å². The van der Waals surface area contributed by atoms with Crippen LogP contribution in [0.3, 0.4) is 0 Å². The van der Waals surface area contributed by atoms with E-state index in [0.717, 1.165) is 18.9 Å². The summed E-state index contributed by atoms with van der Waals surface area (Å²) >= 11 is 0. The van der Waals surface area contributed by atoms with Crippen molar-refractivity contribution in [1.29, 1.82) is 0 Å². The quantitative estimate of drug-likeness (QED) is 0.346. The first-order valence-corrected chi connectivity index (χ1v) is 6.35. The Morgan fingerprint density at radius 1 is 1.47 bits per heavy atom. The van der Waals surface area contributed by atoms with Crippen LogP contribution in [0.2, 0.25) is 0 Å². The number of nitrogens with zero attached hydrogens (tertiary/aromatic N) is 4. The highest BCUT2D eigenvalue weighted by atomic mass is 16.4. The molecule has 1 heterocycles. The fraction of sp³-hybridized carbons (Fsp3) is 0.538. The molecule has 0 amide bonds. The first-order chi connectivity index (χ1) is 8.99. The molecule has 0 aliphatic heterocycles.